The highest BCUT2D eigenvalue weighted by molar-refractivity contribution is 7.10. The second-order valence-electron chi connectivity index (χ2n) is 1.71. The van der Waals surface area contributed by atoms with E-state index < -0.39 is 6.43 Å². The maximum atomic E-state index is 11.5. The van der Waals surface area contributed by atoms with Crippen molar-refractivity contribution in [2.45, 2.75) is 6.43 Å². The molecule has 0 spiro atoms. The Morgan fingerprint density at radius 3 is 2.80 bits per heavy atom. The third-order valence-electron chi connectivity index (χ3n) is 0.949. The van der Waals surface area contributed by atoms with E-state index in [1.165, 1.54) is 17.4 Å². The summed E-state index contributed by atoms with van der Waals surface area (Å²) in [6, 6.07) is 3.62. The van der Waals surface area contributed by atoms with E-state index in [4.69, 9.17) is 0 Å². The van der Waals surface area contributed by atoms with Crippen molar-refractivity contribution in [3.63, 3.8) is 0 Å². The van der Waals surface area contributed by atoms with Crippen LogP contribution in [0.2, 0.25) is 0 Å². The van der Waals surface area contributed by atoms with E-state index >= 15 is 0 Å². The Kier molecular flexibility index (Phi) is 2.57. The monoisotopic (exact) mass is 160 g/mol. The minimum absolute atomic E-state index is 0.861. The van der Waals surface area contributed by atoms with Crippen LogP contribution in [-0.2, 0) is 0 Å². The van der Waals surface area contributed by atoms with Crippen molar-refractivity contribution in [1.82, 2.24) is 0 Å². The van der Waals surface area contributed by atoms with Gasteiger partial charge in [-0.25, -0.2) is 8.78 Å². The lowest BCUT2D eigenvalue weighted by molar-refractivity contribution is 0.205. The second-order valence-corrected chi connectivity index (χ2v) is 2.69. The molecule has 1 heterocycles. The van der Waals surface area contributed by atoms with Crippen LogP contribution < -0.4 is 0 Å². The zero-order chi connectivity index (χ0) is 7.40. The summed E-state index contributed by atoms with van der Waals surface area (Å²) in [5.74, 6) is 0. The van der Waals surface area contributed by atoms with Gasteiger partial charge in [0.15, 0.2) is 0 Å². The van der Waals surface area contributed by atoms with Crippen molar-refractivity contribution in [2.24, 2.45) is 0 Å². The summed E-state index contributed by atoms with van der Waals surface area (Å²) in [4.78, 5) is 0.861. The van der Waals surface area contributed by atoms with Gasteiger partial charge in [0.25, 0.3) is 6.43 Å². The van der Waals surface area contributed by atoms with Gasteiger partial charge in [-0.05, 0) is 23.6 Å². The van der Waals surface area contributed by atoms with E-state index in [1.807, 2.05) is 11.4 Å². The average molecular weight is 160 g/mol. The van der Waals surface area contributed by atoms with Gasteiger partial charge in [-0.1, -0.05) is 6.07 Å². The molecule has 1 aromatic rings. The molecule has 0 aromatic carbocycles. The molecular formula is C7H6F2S. The first-order chi connectivity index (χ1) is 4.79. The average Bonchev–Trinajstić information content (AvgIpc) is 2.34. The van der Waals surface area contributed by atoms with E-state index in [0.29, 0.717) is 0 Å². The topological polar surface area (TPSA) is 0 Å². The van der Waals surface area contributed by atoms with Crippen molar-refractivity contribution < 1.29 is 8.78 Å². The molecule has 0 nitrogen and oxygen atoms in total. The summed E-state index contributed by atoms with van der Waals surface area (Å²) >= 11 is 1.44. The summed E-state index contributed by atoms with van der Waals surface area (Å²) in [5, 5.41) is 1.85. The fourth-order valence-corrected chi connectivity index (χ4v) is 1.18. The number of rotatable bonds is 2. The van der Waals surface area contributed by atoms with Gasteiger partial charge in [0.2, 0.25) is 0 Å². The maximum absolute atomic E-state index is 11.5. The van der Waals surface area contributed by atoms with Crippen LogP contribution >= 0.6 is 11.3 Å². The maximum Gasteiger partial charge on any atom is 0.257 e. The highest BCUT2D eigenvalue weighted by Gasteiger charge is 1.92. The van der Waals surface area contributed by atoms with Gasteiger partial charge in [-0.3, -0.25) is 0 Å². The van der Waals surface area contributed by atoms with Crippen molar-refractivity contribution in [1.29, 1.82) is 0 Å². The predicted octanol–water partition coefficient (Wildman–Crippen LogP) is 3.03. The Bertz CT molecular complexity index is 201. The fourth-order valence-electron chi connectivity index (χ4n) is 0.554. The number of hydrogen-bond donors (Lipinski definition) is 0. The molecule has 0 amide bonds. The van der Waals surface area contributed by atoms with Gasteiger partial charge in [0.05, 0.1) is 0 Å². The lowest BCUT2D eigenvalue weighted by Gasteiger charge is -1.83. The molecule has 0 atom stereocenters. The normalized spacial score (nSPS) is 11.5. The first-order valence-electron chi connectivity index (χ1n) is 2.79. The molecule has 0 unspecified atom stereocenters. The third-order valence-corrected chi connectivity index (χ3v) is 1.79. The Labute approximate surface area is 61.8 Å². The van der Waals surface area contributed by atoms with Crippen LogP contribution in [0.1, 0.15) is 4.88 Å². The van der Waals surface area contributed by atoms with Gasteiger partial charge in [-0.2, -0.15) is 0 Å². The molecule has 0 aliphatic carbocycles. The molecule has 0 aliphatic rings. The van der Waals surface area contributed by atoms with Crippen molar-refractivity contribution >= 4 is 17.4 Å². The molecular weight excluding hydrogens is 154 g/mol. The molecule has 1 aromatic heterocycles. The quantitative estimate of drug-likeness (QED) is 0.623. The number of allylic oxidation sites excluding steroid dienone is 1. The summed E-state index contributed by atoms with van der Waals surface area (Å²) in [6.45, 7) is 0. The van der Waals surface area contributed by atoms with E-state index in [2.05, 4.69) is 0 Å². The number of alkyl halides is 2. The van der Waals surface area contributed by atoms with E-state index in [0.717, 1.165) is 11.0 Å². The van der Waals surface area contributed by atoms with Crippen molar-refractivity contribution in [3.05, 3.63) is 28.5 Å². The van der Waals surface area contributed by atoms with Crippen LogP contribution in [0.5, 0.6) is 0 Å². The van der Waals surface area contributed by atoms with Gasteiger partial charge < -0.3 is 0 Å². The molecule has 0 bridgehead atoms. The van der Waals surface area contributed by atoms with Gasteiger partial charge in [0.1, 0.15) is 0 Å². The third kappa shape index (κ3) is 2.27. The summed E-state index contributed by atoms with van der Waals surface area (Å²) in [7, 11) is 0. The Morgan fingerprint density at radius 1 is 1.50 bits per heavy atom. The standard InChI is InChI=1S/C7H6F2S/c8-7(9)4-3-6-2-1-5-10-6/h1-5,7H/b4-3+. The van der Waals surface area contributed by atoms with E-state index in [9.17, 15) is 8.78 Å². The van der Waals surface area contributed by atoms with Gasteiger partial charge in [0, 0.05) is 4.88 Å². The molecule has 1 rings (SSSR count). The van der Waals surface area contributed by atoms with E-state index in [-0.39, 0.29) is 0 Å². The fraction of sp³-hybridized carbons (Fsp3) is 0.143. The summed E-state index contributed by atoms with van der Waals surface area (Å²) < 4.78 is 23.1. The van der Waals surface area contributed by atoms with Crippen LogP contribution in [0.4, 0.5) is 8.78 Å². The van der Waals surface area contributed by atoms with Crippen LogP contribution in [-0.4, -0.2) is 6.43 Å². The lowest BCUT2D eigenvalue weighted by atomic mass is 10.4. The molecule has 0 saturated heterocycles. The molecule has 0 saturated carbocycles. The minimum Gasteiger partial charge on any atom is -0.206 e. The predicted molar refractivity (Wildman–Crippen MR) is 39.4 cm³/mol. The molecule has 3 heteroatoms. The molecule has 0 fully saturated rings. The number of halogens is 2. The smallest absolute Gasteiger partial charge is 0.206 e. The number of hydrogen-bond acceptors (Lipinski definition) is 1. The van der Waals surface area contributed by atoms with Crippen LogP contribution in [0.15, 0.2) is 23.6 Å². The van der Waals surface area contributed by atoms with Crippen LogP contribution in [0, 0.1) is 0 Å². The van der Waals surface area contributed by atoms with Crippen LogP contribution in [0.25, 0.3) is 6.08 Å². The SMILES string of the molecule is FC(F)/C=C/c1cccs1. The molecule has 0 radical (unpaired) electrons. The number of thiophene rings is 1. The highest BCUT2D eigenvalue weighted by Crippen LogP contribution is 2.11. The summed E-state index contributed by atoms with van der Waals surface area (Å²) in [5.41, 5.74) is 0. The Hall–Kier alpha value is -0.700. The molecule has 0 aliphatic heterocycles. The van der Waals surface area contributed by atoms with Gasteiger partial charge >= 0.3 is 0 Å². The van der Waals surface area contributed by atoms with Crippen molar-refractivity contribution in [2.75, 3.05) is 0 Å². The van der Waals surface area contributed by atoms with Gasteiger partial charge in [-0.15, -0.1) is 11.3 Å². The zero-order valence-corrected chi connectivity index (χ0v) is 5.94. The van der Waals surface area contributed by atoms with Crippen molar-refractivity contribution in [3.8, 4) is 0 Å². The molecule has 10 heavy (non-hydrogen) atoms. The Balaban J connectivity index is 2.55. The first kappa shape index (κ1) is 7.41. The highest BCUT2D eigenvalue weighted by atomic mass is 32.1. The van der Waals surface area contributed by atoms with E-state index in [1.54, 1.807) is 6.07 Å². The lowest BCUT2D eigenvalue weighted by Crippen LogP contribution is -1.77. The largest absolute Gasteiger partial charge is 0.257 e. The Morgan fingerprint density at radius 2 is 2.30 bits per heavy atom. The molecule has 54 valence electrons. The first-order valence-corrected chi connectivity index (χ1v) is 3.67. The minimum atomic E-state index is -2.35. The van der Waals surface area contributed by atoms with Crippen LogP contribution in [0.3, 0.4) is 0 Å². The summed E-state index contributed by atoms with van der Waals surface area (Å²) in [6.07, 6.45) is -0.0386. The molecule has 0 N–H and O–H groups in total. The zero-order valence-electron chi connectivity index (χ0n) is 5.13. The second kappa shape index (κ2) is 3.46.